The van der Waals surface area contributed by atoms with Crippen molar-refractivity contribution in [3.8, 4) is 0 Å². The van der Waals surface area contributed by atoms with Crippen molar-refractivity contribution in [2.75, 3.05) is 19.3 Å². The van der Waals surface area contributed by atoms with Gasteiger partial charge in [0.25, 0.3) is 0 Å². The molecule has 2 heterocycles. The smallest absolute Gasteiger partial charge is 0.232 e. The lowest BCUT2D eigenvalue weighted by atomic mass is 9.75. The van der Waals surface area contributed by atoms with Crippen molar-refractivity contribution in [3.05, 3.63) is 11.7 Å². The summed E-state index contributed by atoms with van der Waals surface area (Å²) in [4.78, 5) is 4.52. The molecule has 17 heavy (non-hydrogen) atoms. The van der Waals surface area contributed by atoms with Gasteiger partial charge in [0.1, 0.15) is 0 Å². The average molecular weight is 255 g/mol. The van der Waals surface area contributed by atoms with Crippen LogP contribution in [0.2, 0.25) is 0 Å². The molecule has 0 aromatic carbocycles. The molecule has 0 spiro atoms. The first-order valence-electron chi connectivity index (χ1n) is 6.17. The van der Waals surface area contributed by atoms with E-state index in [9.17, 15) is 0 Å². The van der Waals surface area contributed by atoms with Crippen LogP contribution in [0.4, 0.5) is 0 Å². The minimum Gasteiger partial charge on any atom is -0.339 e. The molecule has 1 atom stereocenters. The maximum absolute atomic E-state index is 5.43. The normalized spacial score (nSPS) is 21.7. The number of nitrogens with zero attached hydrogens (tertiary/aromatic N) is 2. The molecule has 1 N–H and O–H groups in total. The van der Waals surface area contributed by atoms with E-state index >= 15 is 0 Å². The Morgan fingerprint density at radius 3 is 3.00 bits per heavy atom. The van der Waals surface area contributed by atoms with Gasteiger partial charge in [-0.25, -0.2) is 0 Å². The first-order chi connectivity index (χ1) is 8.14. The van der Waals surface area contributed by atoms with Crippen LogP contribution in [0.25, 0.3) is 0 Å². The second-order valence-electron chi connectivity index (χ2n) is 5.21. The van der Waals surface area contributed by atoms with E-state index in [0.29, 0.717) is 5.92 Å². The third-order valence-electron chi connectivity index (χ3n) is 3.61. The lowest BCUT2D eigenvalue weighted by Crippen LogP contribution is -2.40. The van der Waals surface area contributed by atoms with Crippen molar-refractivity contribution in [1.82, 2.24) is 15.5 Å². The van der Waals surface area contributed by atoms with Gasteiger partial charge >= 0.3 is 0 Å². The summed E-state index contributed by atoms with van der Waals surface area (Å²) >= 11 is 1.72. The number of piperidine rings is 1. The Morgan fingerprint density at radius 1 is 1.53 bits per heavy atom. The fourth-order valence-electron chi connectivity index (χ4n) is 2.35. The zero-order valence-electron chi connectivity index (χ0n) is 10.8. The van der Waals surface area contributed by atoms with Crippen LogP contribution in [0.15, 0.2) is 4.52 Å². The quantitative estimate of drug-likeness (QED) is 0.894. The van der Waals surface area contributed by atoms with Crippen molar-refractivity contribution in [2.24, 2.45) is 5.92 Å². The van der Waals surface area contributed by atoms with Crippen LogP contribution < -0.4 is 5.32 Å². The van der Waals surface area contributed by atoms with E-state index in [2.05, 4.69) is 29.3 Å². The topological polar surface area (TPSA) is 51.0 Å². The second kappa shape index (κ2) is 5.40. The highest BCUT2D eigenvalue weighted by atomic mass is 32.2. The predicted molar refractivity (Wildman–Crippen MR) is 70.1 cm³/mol. The van der Waals surface area contributed by atoms with Gasteiger partial charge in [-0.05, 0) is 38.1 Å². The van der Waals surface area contributed by atoms with Gasteiger partial charge < -0.3 is 9.84 Å². The summed E-state index contributed by atoms with van der Waals surface area (Å²) in [5.74, 6) is 3.00. The first kappa shape index (κ1) is 12.9. The van der Waals surface area contributed by atoms with Gasteiger partial charge in [-0.3, -0.25) is 0 Å². The summed E-state index contributed by atoms with van der Waals surface area (Å²) in [6.45, 7) is 6.60. The molecule has 1 fully saturated rings. The van der Waals surface area contributed by atoms with Crippen LogP contribution in [0.1, 0.15) is 38.4 Å². The zero-order valence-corrected chi connectivity index (χ0v) is 11.6. The molecule has 1 saturated heterocycles. The Morgan fingerprint density at radius 2 is 2.35 bits per heavy atom. The number of aromatic nitrogens is 2. The van der Waals surface area contributed by atoms with Crippen molar-refractivity contribution in [3.63, 3.8) is 0 Å². The van der Waals surface area contributed by atoms with E-state index in [1.807, 2.05) is 6.26 Å². The van der Waals surface area contributed by atoms with Gasteiger partial charge in [0.15, 0.2) is 5.82 Å². The molecule has 0 bridgehead atoms. The molecule has 96 valence electrons. The highest BCUT2D eigenvalue weighted by molar-refractivity contribution is 7.97. The molecule has 0 aliphatic carbocycles. The fourth-order valence-corrected chi connectivity index (χ4v) is 2.72. The van der Waals surface area contributed by atoms with Gasteiger partial charge in [-0.2, -0.15) is 16.7 Å². The van der Waals surface area contributed by atoms with Crippen molar-refractivity contribution in [1.29, 1.82) is 0 Å². The van der Waals surface area contributed by atoms with E-state index in [1.54, 1.807) is 11.8 Å². The molecule has 2 rings (SSSR count). The number of nitrogens with one attached hydrogen (secondary N) is 1. The summed E-state index contributed by atoms with van der Waals surface area (Å²) in [5.41, 5.74) is -0.0307. The maximum atomic E-state index is 5.43. The zero-order chi connectivity index (χ0) is 12.3. The van der Waals surface area contributed by atoms with Crippen molar-refractivity contribution >= 4 is 11.8 Å². The van der Waals surface area contributed by atoms with E-state index in [0.717, 1.165) is 30.6 Å². The summed E-state index contributed by atoms with van der Waals surface area (Å²) in [5, 5.41) is 7.49. The van der Waals surface area contributed by atoms with Gasteiger partial charge in [0.2, 0.25) is 5.89 Å². The predicted octanol–water partition coefficient (Wildman–Crippen LogP) is 2.21. The second-order valence-corrected chi connectivity index (χ2v) is 6.08. The van der Waals surface area contributed by atoms with Crippen LogP contribution >= 0.6 is 11.8 Å². The molecule has 0 amide bonds. The SMILES string of the molecule is CSCc1noc(C(C)(C)C2CCCNC2)n1. The van der Waals surface area contributed by atoms with Crippen LogP contribution in [-0.4, -0.2) is 29.5 Å². The molecule has 0 saturated carbocycles. The van der Waals surface area contributed by atoms with E-state index in [-0.39, 0.29) is 5.41 Å². The molecule has 0 radical (unpaired) electrons. The Kier molecular flexibility index (Phi) is 4.09. The van der Waals surface area contributed by atoms with Crippen molar-refractivity contribution < 1.29 is 4.52 Å². The summed E-state index contributed by atoms with van der Waals surface area (Å²) in [7, 11) is 0. The first-order valence-corrected chi connectivity index (χ1v) is 7.56. The number of hydrogen-bond donors (Lipinski definition) is 1. The largest absolute Gasteiger partial charge is 0.339 e. The highest BCUT2D eigenvalue weighted by Crippen LogP contribution is 2.34. The van der Waals surface area contributed by atoms with Gasteiger partial charge in [0, 0.05) is 5.41 Å². The number of thioether (sulfide) groups is 1. The Hall–Kier alpha value is -0.550. The third-order valence-corrected chi connectivity index (χ3v) is 4.16. The van der Waals surface area contributed by atoms with Crippen LogP contribution in [-0.2, 0) is 11.2 Å². The van der Waals surface area contributed by atoms with E-state index in [1.165, 1.54) is 12.8 Å². The molecule has 1 aliphatic heterocycles. The average Bonchev–Trinajstić information content (AvgIpc) is 2.80. The minimum atomic E-state index is -0.0307. The van der Waals surface area contributed by atoms with Gasteiger partial charge in [-0.15, -0.1) is 0 Å². The summed E-state index contributed by atoms with van der Waals surface area (Å²) in [6, 6.07) is 0. The highest BCUT2D eigenvalue weighted by Gasteiger charge is 2.37. The Labute approximate surface area is 107 Å². The van der Waals surface area contributed by atoms with Crippen LogP contribution in [0.5, 0.6) is 0 Å². The molecular weight excluding hydrogens is 234 g/mol. The van der Waals surface area contributed by atoms with Crippen LogP contribution in [0.3, 0.4) is 0 Å². The minimum absolute atomic E-state index is 0.0307. The standard InChI is InChI=1S/C12H21N3OS/c1-12(2,9-5-4-6-13-7-9)11-14-10(8-17-3)15-16-11/h9,13H,4-8H2,1-3H3. The lowest BCUT2D eigenvalue weighted by Gasteiger charge is -2.34. The molecule has 1 aromatic rings. The van der Waals surface area contributed by atoms with E-state index < -0.39 is 0 Å². The molecule has 5 heteroatoms. The molecular formula is C12H21N3OS. The van der Waals surface area contributed by atoms with Crippen molar-refractivity contribution in [2.45, 2.75) is 37.9 Å². The third kappa shape index (κ3) is 2.83. The lowest BCUT2D eigenvalue weighted by molar-refractivity contribution is 0.196. The summed E-state index contributed by atoms with van der Waals surface area (Å²) < 4.78 is 5.43. The maximum Gasteiger partial charge on any atom is 0.232 e. The number of rotatable bonds is 4. The molecule has 1 aromatic heterocycles. The fraction of sp³-hybridized carbons (Fsp3) is 0.833. The molecule has 1 aliphatic rings. The summed E-state index contributed by atoms with van der Waals surface area (Å²) in [6.07, 6.45) is 4.52. The Balaban J connectivity index is 2.11. The van der Waals surface area contributed by atoms with Gasteiger partial charge in [-0.1, -0.05) is 19.0 Å². The monoisotopic (exact) mass is 255 g/mol. The van der Waals surface area contributed by atoms with E-state index in [4.69, 9.17) is 4.52 Å². The van der Waals surface area contributed by atoms with Gasteiger partial charge in [0.05, 0.1) is 5.75 Å². The molecule has 4 nitrogen and oxygen atoms in total. The van der Waals surface area contributed by atoms with Crippen LogP contribution in [0, 0.1) is 5.92 Å². The number of hydrogen-bond acceptors (Lipinski definition) is 5. The molecule has 1 unspecified atom stereocenters. The Bertz CT molecular complexity index is 358.